The van der Waals surface area contributed by atoms with E-state index < -0.39 is 0 Å². The topological polar surface area (TPSA) is 34.9 Å². The van der Waals surface area contributed by atoms with Crippen LogP contribution in [0, 0.1) is 12.7 Å². The van der Waals surface area contributed by atoms with E-state index in [9.17, 15) is 9.18 Å². The second-order valence-corrected chi connectivity index (χ2v) is 4.32. The van der Waals surface area contributed by atoms with E-state index in [1.54, 1.807) is 23.9 Å². The summed E-state index contributed by atoms with van der Waals surface area (Å²) < 4.78 is 15.0. The van der Waals surface area contributed by atoms with Crippen LogP contribution in [0.2, 0.25) is 0 Å². The van der Waals surface area contributed by atoms with Gasteiger partial charge in [0.2, 0.25) is 0 Å². The van der Waals surface area contributed by atoms with Crippen LogP contribution in [0.1, 0.15) is 28.4 Å². The summed E-state index contributed by atoms with van der Waals surface area (Å²) in [5.74, 6) is -0.462. The van der Waals surface area contributed by atoms with Crippen molar-refractivity contribution in [3.8, 4) is 0 Å². The summed E-state index contributed by atoms with van der Waals surface area (Å²) in [5, 5.41) is 4.11. The number of nitrogens with zero attached hydrogens (tertiary/aromatic N) is 2. The molecule has 0 unspecified atom stereocenters. The van der Waals surface area contributed by atoms with Crippen molar-refractivity contribution in [3.05, 3.63) is 53.1 Å². The minimum atomic E-state index is -0.373. The van der Waals surface area contributed by atoms with Crippen molar-refractivity contribution in [1.82, 2.24) is 9.78 Å². The normalized spacial score (nSPS) is 10.6. The number of carbonyl (C=O) groups is 1. The number of aromatic nitrogens is 2. The summed E-state index contributed by atoms with van der Waals surface area (Å²) in [6, 6.07) is 4.39. The van der Waals surface area contributed by atoms with Gasteiger partial charge in [0, 0.05) is 24.7 Å². The molecule has 0 saturated carbocycles. The van der Waals surface area contributed by atoms with Crippen LogP contribution in [0.15, 0.2) is 30.6 Å². The monoisotopic (exact) mass is 246 g/mol. The fourth-order valence-corrected chi connectivity index (χ4v) is 1.86. The summed E-state index contributed by atoms with van der Waals surface area (Å²) >= 11 is 0. The molecule has 2 aromatic rings. The largest absolute Gasteiger partial charge is 0.294 e. The number of hydrogen-bond acceptors (Lipinski definition) is 2. The van der Waals surface area contributed by atoms with Crippen molar-refractivity contribution >= 4 is 5.78 Å². The highest BCUT2D eigenvalue weighted by atomic mass is 19.1. The zero-order valence-electron chi connectivity index (χ0n) is 10.5. The van der Waals surface area contributed by atoms with Crippen molar-refractivity contribution < 1.29 is 9.18 Å². The first-order valence-corrected chi connectivity index (χ1v) is 5.90. The summed E-state index contributed by atoms with van der Waals surface area (Å²) in [6.07, 6.45) is 3.76. The van der Waals surface area contributed by atoms with E-state index in [-0.39, 0.29) is 18.0 Å². The number of halogens is 1. The molecule has 0 amide bonds. The second kappa shape index (κ2) is 5.12. The summed E-state index contributed by atoms with van der Waals surface area (Å²) in [7, 11) is 0. The molecule has 0 aliphatic carbocycles. The maximum atomic E-state index is 13.2. The van der Waals surface area contributed by atoms with E-state index in [1.165, 1.54) is 12.1 Å². The van der Waals surface area contributed by atoms with Gasteiger partial charge in [-0.3, -0.25) is 9.48 Å². The summed E-state index contributed by atoms with van der Waals surface area (Å²) in [5.41, 5.74) is 2.02. The van der Waals surface area contributed by atoms with E-state index in [2.05, 4.69) is 5.10 Å². The zero-order chi connectivity index (χ0) is 13.1. The summed E-state index contributed by atoms with van der Waals surface area (Å²) in [4.78, 5) is 12.0. The molecule has 0 fully saturated rings. The Morgan fingerprint density at radius 2 is 2.17 bits per heavy atom. The highest BCUT2D eigenvalue weighted by Gasteiger charge is 2.10. The summed E-state index contributed by atoms with van der Waals surface area (Å²) in [6.45, 7) is 4.52. The molecule has 1 aromatic carbocycles. The van der Waals surface area contributed by atoms with Gasteiger partial charge in [-0.1, -0.05) is 0 Å². The lowest BCUT2D eigenvalue weighted by Gasteiger charge is -2.01. The molecule has 3 nitrogen and oxygen atoms in total. The molecule has 4 heteroatoms. The van der Waals surface area contributed by atoms with Crippen LogP contribution in [0.5, 0.6) is 0 Å². The molecule has 0 N–H and O–H groups in total. The van der Waals surface area contributed by atoms with Crippen molar-refractivity contribution in [2.75, 3.05) is 0 Å². The van der Waals surface area contributed by atoms with Crippen molar-refractivity contribution in [2.45, 2.75) is 26.8 Å². The minimum absolute atomic E-state index is 0.0896. The van der Waals surface area contributed by atoms with E-state index in [0.717, 1.165) is 17.7 Å². The van der Waals surface area contributed by atoms with E-state index >= 15 is 0 Å². The standard InChI is InChI=1S/C14H15FN2O/c1-3-17-9-11(8-16-17)6-14(18)12-4-10(2)5-13(15)7-12/h4-5,7-9H,3,6H2,1-2H3. The van der Waals surface area contributed by atoms with Gasteiger partial charge >= 0.3 is 0 Å². The van der Waals surface area contributed by atoms with Crippen LogP contribution in [0.25, 0.3) is 0 Å². The molecule has 2 rings (SSSR count). The number of ketones is 1. The van der Waals surface area contributed by atoms with Crippen LogP contribution in [0.3, 0.4) is 0 Å². The smallest absolute Gasteiger partial charge is 0.167 e. The van der Waals surface area contributed by atoms with E-state index in [4.69, 9.17) is 0 Å². The van der Waals surface area contributed by atoms with Gasteiger partial charge in [0.25, 0.3) is 0 Å². The third-order valence-corrected chi connectivity index (χ3v) is 2.74. The Balaban J connectivity index is 2.16. The Bertz CT molecular complexity index is 555. The molecule has 18 heavy (non-hydrogen) atoms. The lowest BCUT2D eigenvalue weighted by molar-refractivity contribution is 0.0992. The van der Waals surface area contributed by atoms with Gasteiger partial charge in [0.1, 0.15) is 5.82 Å². The number of carbonyl (C=O) groups excluding carboxylic acids is 1. The molecular formula is C14H15FN2O. The van der Waals surface area contributed by atoms with Crippen LogP contribution in [-0.2, 0) is 13.0 Å². The van der Waals surface area contributed by atoms with Gasteiger partial charge in [-0.15, -0.1) is 0 Å². The average Bonchev–Trinajstić information content (AvgIpc) is 2.75. The molecule has 94 valence electrons. The third-order valence-electron chi connectivity index (χ3n) is 2.74. The van der Waals surface area contributed by atoms with Crippen molar-refractivity contribution in [1.29, 1.82) is 0 Å². The predicted octanol–water partition coefficient (Wildman–Crippen LogP) is 2.78. The number of hydrogen-bond donors (Lipinski definition) is 0. The quantitative estimate of drug-likeness (QED) is 0.777. The molecule has 0 aliphatic rings. The fraction of sp³-hybridized carbons (Fsp3) is 0.286. The van der Waals surface area contributed by atoms with Gasteiger partial charge in [-0.2, -0.15) is 5.10 Å². The highest BCUT2D eigenvalue weighted by molar-refractivity contribution is 5.97. The Morgan fingerprint density at radius 3 is 2.78 bits per heavy atom. The maximum Gasteiger partial charge on any atom is 0.167 e. The Kier molecular flexibility index (Phi) is 3.55. The van der Waals surface area contributed by atoms with Crippen LogP contribution in [-0.4, -0.2) is 15.6 Å². The first-order valence-electron chi connectivity index (χ1n) is 5.90. The molecule has 0 spiro atoms. The molecule has 0 aliphatic heterocycles. The van der Waals surface area contributed by atoms with E-state index in [1.807, 2.05) is 13.1 Å². The second-order valence-electron chi connectivity index (χ2n) is 4.32. The molecule has 0 bridgehead atoms. The fourth-order valence-electron chi connectivity index (χ4n) is 1.86. The Morgan fingerprint density at radius 1 is 1.39 bits per heavy atom. The van der Waals surface area contributed by atoms with Crippen LogP contribution >= 0.6 is 0 Å². The van der Waals surface area contributed by atoms with Crippen molar-refractivity contribution in [2.24, 2.45) is 0 Å². The molecule has 0 saturated heterocycles. The number of rotatable bonds is 4. The van der Waals surface area contributed by atoms with Gasteiger partial charge in [-0.05, 0) is 43.2 Å². The number of Topliss-reactive ketones (excluding diaryl/α,β-unsaturated/α-hetero) is 1. The molecular weight excluding hydrogens is 231 g/mol. The minimum Gasteiger partial charge on any atom is -0.294 e. The van der Waals surface area contributed by atoms with Crippen molar-refractivity contribution in [3.63, 3.8) is 0 Å². The van der Waals surface area contributed by atoms with Gasteiger partial charge in [-0.25, -0.2) is 4.39 Å². The predicted molar refractivity (Wildman–Crippen MR) is 67.1 cm³/mol. The van der Waals surface area contributed by atoms with E-state index in [0.29, 0.717) is 5.56 Å². The lowest BCUT2D eigenvalue weighted by Crippen LogP contribution is -2.04. The molecule has 1 aromatic heterocycles. The maximum absolute atomic E-state index is 13.2. The van der Waals surface area contributed by atoms with Gasteiger partial charge in [0.15, 0.2) is 5.78 Å². The molecule has 0 atom stereocenters. The third kappa shape index (κ3) is 2.83. The number of benzene rings is 1. The number of aryl methyl sites for hydroxylation is 2. The average molecular weight is 246 g/mol. The Labute approximate surface area is 105 Å². The van der Waals surface area contributed by atoms with Gasteiger partial charge in [0.05, 0.1) is 6.20 Å². The molecule has 1 heterocycles. The SMILES string of the molecule is CCn1cc(CC(=O)c2cc(C)cc(F)c2)cn1. The Hall–Kier alpha value is -1.97. The van der Waals surface area contributed by atoms with Gasteiger partial charge < -0.3 is 0 Å². The first-order chi connectivity index (χ1) is 8.58. The first kappa shape index (κ1) is 12.5. The van der Waals surface area contributed by atoms with Crippen LogP contribution < -0.4 is 0 Å². The lowest BCUT2D eigenvalue weighted by atomic mass is 10.0. The molecule has 0 radical (unpaired) electrons. The highest BCUT2D eigenvalue weighted by Crippen LogP contribution is 2.12. The zero-order valence-corrected chi connectivity index (χ0v) is 10.5. The van der Waals surface area contributed by atoms with Crippen LogP contribution in [0.4, 0.5) is 4.39 Å².